The van der Waals surface area contributed by atoms with Crippen LogP contribution in [0.25, 0.3) is 56.1 Å². The summed E-state index contributed by atoms with van der Waals surface area (Å²) < 4.78 is 19.5. The number of rotatable bonds is 5. The Morgan fingerprint density at radius 1 is 1.05 bits per heavy atom. The van der Waals surface area contributed by atoms with E-state index in [2.05, 4.69) is 35.0 Å². The van der Waals surface area contributed by atoms with Gasteiger partial charge in [-0.2, -0.15) is 5.10 Å². The van der Waals surface area contributed by atoms with Crippen molar-refractivity contribution in [2.45, 2.75) is 6.04 Å². The third kappa shape index (κ3) is 3.69. The van der Waals surface area contributed by atoms with Gasteiger partial charge in [0.05, 0.1) is 36.9 Å². The molecule has 0 amide bonds. The molecule has 0 saturated carbocycles. The topological polar surface area (TPSA) is 147 Å². The van der Waals surface area contributed by atoms with Gasteiger partial charge in [0.1, 0.15) is 34.3 Å². The number of H-pyrrole nitrogens is 2. The minimum absolute atomic E-state index is 0.158. The van der Waals surface area contributed by atoms with Gasteiger partial charge < -0.3 is 20.4 Å². The summed E-state index contributed by atoms with van der Waals surface area (Å²) in [5.41, 5.74) is 11.0. The molecule has 12 heteroatoms. The summed E-state index contributed by atoms with van der Waals surface area (Å²) in [5, 5.41) is 8.31. The van der Waals surface area contributed by atoms with Crippen molar-refractivity contribution in [1.29, 1.82) is 0 Å². The van der Waals surface area contributed by atoms with E-state index >= 15 is 0 Å². The SMILES string of the molecule is COc1cc(F)cc(-c2ccnc3[nH]c(-c4n[nH]c5cnc(-c6cncc(N7CC(N)C7)n6)cc45)nc23)c1. The number of methoxy groups -OCH3 is 1. The maximum Gasteiger partial charge on any atom is 0.160 e. The number of pyridine rings is 2. The number of ether oxygens (including phenoxy) is 1. The van der Waals surface area contributed by atoms with Crippen molar-refractivity contribution in [3.63, 3.8) is 0 Å². The number of aromatic nitrogens is 8. The molecular weight excluding hydrogens is 487 g/mol. The number of benzene rings is 1. The van der Waals surface area contributed by atoms with Crippen LogP contribution >= 0.6 is 0 Å². The summed E-state index contributed by atoms with van der Waals surface area (Å²) in [7, 11) is 1.50. The summed E-state index contributed by atoms with van der Waals surface area (Å²) in [6, 6.07) is 8.39. The fourth-order valence-electron chi connectivity index (χ4n) is 4.66. The number of hydrogen-bond acceptors (Lipinski definition) is 9. The fraction of sp³-hybridized carbons (Fsp3) is 0.154. The standard InChI is InChI=1S/C26H21FN10O/c1-38-16-5-13(4-14(27)6-16)17-2-3-30-25-23(17)33-26(34-25)24-18-7-19(31-9-20(18)35-36-24)21-8-29-10-22(32-21)37-11-15(28)12-37/h2-10,15H,11-12,28H2,1H3,(H,35,36)(H,30,33,34). The van der Waals surface area contributed by atoms with Gasteiger partial charge in [0, 0.05) is 42.3 Å². The van der Waals surface area contributed by atoms with Gasteiger partial charge in [0.15, 0.2) is 11.5 Å². The molecule has 1 aliphatic rings. The van der Waals surface area contributed by atoms with Crippen LogP contribution < -0.4 is 15.4 Å². The van der Waals surface area contributed by atoms with E-state index in [0.717, 1.165) is 35.4 Å². The second-order valence-corrected chi connectivity index (χ2v) is 9.14. The first-order chi connectivity index (χ1) is 18.6. The zero-order valence-corrected chi connectivity index (χ0v) is 20.2. The molecule has 6 heterocycles. The van der Waals surface area contributed by atoms with Crippen molar-refractivity contribution in [3.05, 3.63) is 60.9 Å². The zero-order valence-electron chi connectivity index (χ0n) is 20.2. The van der Waals surface area contributed by atoms with Gasteiger partial charge in [0.2, 0.25) is 0 Å². The zero-order chi connectivity index (χ0) is 25.8. The van der Waals surface area contributed by atoms with Crippen LogP contribution in [0.5, 0.6) is 5.75 Å². The summed E-state index contributed by atoms with van der Waals surface area (Å²) in [5.74, 6) is 1.30. The molecule has 188 valence electrons. The Balaban J connectivity index is 1.30. The van der Waals surface area contributed by atoms with Crippen LogP contribution in [0.1, 0.15) is 0 Å². The number of nitrogens with zero attached hydrogens (tertiary/aromatic N) is 7. The lowest BCUT2D eigenvalue weighted by molar-refractivity contribution is 0.411. The second kappa shape index (κ2) is 8.56. The predicted molar refractivity (Wildman–Crippen MR) is 140 cm³/mol. The number of fused-ring (bicyclic) bond motifs is 2. The molecule has 0 radical (unpaired) electrons. The smallest absolute Gasteiger partial charge is 0.160 e. The molecular formula is C26H21FN10O. The number of aromatic amines is 2. The molecule has 1 saturated heterocycles. The molecule has 1 aromatic carbocycles. The number of nitrogens with one attached hydrogen (secondary N) is 2. The van der Waals surface area contributed by atoms with E-state index in [9.17, 15) is 4.39 Å². The molecule has 1 aliphatic heterocycles. The molecule has 1 fully saturated rings. The second-order valence-electron chi connectivity index (χ2n) is 9.14. The molecule has 6 aromatic rings. The molecule has 0 unspecified atom stereocenters. The number of nitrogens with two attached hydrogens (primary N) is 1. The average molecular weight is 509 g/mol. The number of halogens is 1. The predicted octanol–water partition coefficient (Wildman–Crippen LogP) is 3.32. The molecule has 11 nitrogen and oxygen atoms in total. The van der Waals surface area contributed by atoms with E-state index in [1.165, 1.54) is 19.2 Å². The van der Waals surface area contributed by atoms with Crippen LogP contribution in [-0.4, -0.2) is 66.3 Å². The van der Waals surface area contributed by atoms with Crippen molar-refractivity contribution < 1.29 is 9.13 Å². The van der Waals surface area contributed by atoms with Crippen molar-refractivity contribution >= 4 is 27.9 Å². The van der Waals surface area contributed by atoms with Crippen molar-refractivity contribution in [3.8, 4) is 39.8 Å². The lowest BCUT2D eigenvalue weighted by atomic mass is 10.1. The fourth-order valence-corrected chi connectivity index (χ4v) is 4.66. The maximum atomic E-state index is 14.2. The summed E-state index contributed by atoms with van der Waals surface area (Å²) in [4.78, 5) is 28.2. The number of imidazole rings is 1. The number of anilines is 1. The van der Waals surface area contributed by atoms with E-state index in [1.807, 2.05) is 6.07 Å². The molecule has 38 heavy (non-hydrogen) atoms. The highest BCUT2D eigenvalue weighted by atomic mass is 19.1. The molecule has 0 bridgehead atoms. The third-order valence-corrected chi connectivity index (χ3v) is 6.59. The molecule has 0 atom stereocenters. The van der Waals surface area contributed by atoms with E-state index in [0.29, 0.717) is 45.4 Å². The Bertz CT molecular complexity index is 1820. The first kappa shape index (κ1) is 22.2. The average Bonchev–Trinajstić information content (AvgIpc) is 3.54. The highest BCUT2D eigenvalue weighted by Crippen LogP contribution is 2.33. The maximum absolute atomic E-state index is 14.2. The van der Waals surface area contributed by atoms with Gasteiger partial charge in [0.25, 0.3) is 0 Å². The van der Waals surface area contributed by atoms with Gasteiger partial charge in [-0.1, -0.05) is 0 Å². The highest BCUT2D eigenvalue weighted by molar-refractivity contribution is 5.96. The Kier molecular flexibility index (Phi) is 5.01. The summed E-state index contributed by atoms with van der Waals surface area (Å²) >= 11 is 0. The van der Waals surface area contributed by atoms with Crippen LogP contribution in [0.2, 0.25) is 0 Å². The van der Waals surface area contributed by atoms with Crippen molar-refractivity contribution in [2.24, 2.45) is 5.73 Å². The molecule has 4 N–H and O–H groups in total. The number of hydrogen-bond donors (Lipinski definition) is 3. The monoisotopic (exact) mass is 508 g/mol. The van der Waals surface area contributed by atoms with Crippen LogP contribution in [0.15, 0.2) is 55.1 Å². The van der Waals surface area contributed by atoms with Crippen LogP contribution in [0, 0.1) is 5.82 Å². The van der Waals surface area contributed by atoms with E-state index in [4.69, 9.17) is 20.4 Å². The van der Waals surface area contributed by atoms with Gasteiger partial charge in [-0.15, -0.1) is 0 Å². The Labute approximate surface area is 215 Å². The van der Waals surface area contributed by atoms with Crippen LogP contribution in [0.4, 0.5) is 10.2 Å². The van der Waals surface area contributed by atoms with Gasteiger partial charge >= 0.3 is 0 Å². The van der Waals surface area contributed by atoms with Gasteiger partial charge in [-0.25, -0.2) is 19.3 Å². The molecule has 7 rings (SSSR count). The molecule has 0 aliphatic carbocycles. The minimum Gasteiger partial charge on any atom is -0.497 e. The third-order valence-electron chi connectivity index (χ3n) is 6.59. The molecule has 0 spiro atoms. The van der Waals surface area contributed by atoms with Crippen molar-refractivity contribution in [2.75, 3.05) is 25.1 Å². The Morgan fingerprint density at radius 2 is 1.95 bits per heavy atom. The summed E-state index contributed by atoms with van der Waals surface area (Å²) in [6.45, 7) is 1.50. The Morgan fingerprint density at radius 3 is 2.79 bits per heavy atom. The van der Waals surface area contributed by atoms with Crippen molar-refractivity contribution in [1.82, 2.24) is 40.1 Å². The summed E-state index contributed by atoms with van der Waals surface area (Å²) in [6.07, 6.45) is 6.77. The lowest BCUT2D eigenvalue weighted by Crippen LogP contribution is -2.56. The highest BCUT2D eigenvalue weighted by Gasteiger charge is 2.25. The van der Waals surface area contributed by atoms with E-state index in [1.54, 1.807) is 36.9 Å². The minimum atomic E-state index is -0.400. The van der Waals surface area contributed by atoms with Gasteiger partial charge in [-0.05, 0) is 29.8 Å². The lowest BCUT2D eigenvalue weighted by Gasteiger charge is -2.37. The quantitative estimate of drug-likeness (QED) is 0.319. The van der Waals surface area contributed by atoms with Crippen LogP contribution in [0.3, 0.4) is 0 Å². The van der Waals surface area contributed by atoms with Crippen LogP contribution in [-0.2, 0) is 0 Å². The Hall–Kier alpha value is -4.97. The van der Waals surface area contributed by atoms with Gasteiger partial charge in [-0.3, -0.25) is 15.1 Å². The largest absolute Gasteiger partial charge is 0.497 e. The first-order valence-corrected chi connectivity index (χ1v) is 11.9. The van der Waals surface area contributed by atoms with E-state index < -0.39 is 5.82 Å². The first-order valence-electron chi connectivity index (χ1n) is 11.9. The normalized spacial score (nSPS) is 13.8. The van der Waals surface area contributed by atoms with E-state index in [-0.39, 0.29) is 6.04 Å². The molecule has 5 aromatic heterocycles.